The fourth-order valence-electron chi connectivity index (χ4n) is 1.45. The van der Waals surface area contributed by atoms with Gasteiger partial charge >= 0.3 is 0 Å². The van der Waals surface area contributed by atoms with Crippen LogP contribution in [0.15, 0.2) is 41.6 Å². The Morgan fingerprint density at radius 1 is 1.45 bits per heavy atom. The van der Waals surface area contributed by atoms with Gasteiger partial charge in [0.1, 0.15) is 10.7 Å². The van der Waals surface area contributed by atoms with Gasteiger partial charge in [0.2, 0.25) is 0 Å². The maximum atomic E-state index is 11.5. The minimum absolute atomic E-state index is 0.0440. The number of carbonyl (C=O) groups excluding carboxylic acids is 1. The van der Waals surface area contributed by atoms with Gasteiger partial charge in [0.15, 0.2) is 0 Å². The lowest BCUT2D eigenvalue weighted by molar-refractivity contribution is -0.384. The molecule has 0 fully saturated rings. The highest BCUT2D eigenvalue weighted by Gasteiger charge is 2.11. The minimum atomic E-state index is -0.586. The van der Waals surface area contributed by atoms with Crippen LogP contribution in [-0.2, 0) is 0 Å². The molecular weight excluding hydrogens is 284 g/mol. The molecular formula is C12H9ClN4O3. The Kier molecular flexibility index (Phi) is 4.11. The zero-order valence-electron chi connectivity index (χ0n) is 10.0. The average Bonchev–Trinajstić information content (AvgIpc) is 2.94. The molecule has 0 aliphatic heterocycles. The first kappa shape index (κ1) is 13.8. The summed E-state index contributed by atoms with van der Waals surface area (Å²) < 4.78 is 0. The van der Waals surface area contributed by atoms with Crippen molar-refractivity contribution in [3.8, 4) is 0 Å². The summed E-state index contributed by atoms with van der Waals surface area (Å²) in [7, 11) is 0. The number of hydrogen-bond acceptors (Lipinski definition) is 4. The van der Waals surface area contributed by atoms with Gasteiger partial charge in [-0.15, -0.1) is 0 Å². The Morgan fingerprint density at radius 3 is 2.90 bits per heavy atom. The van der Waals surface area contributed by atoms with Crippen molar-refractivity contribution in [1.29, 1.82) is 0 Å². The van der Waals surface area contributed by atoms with Crippen LogP contribution in [0.5, 0.6) is 0 Å². The highest BCUT2D eigenvalue weighted by molar-refractivity contribution is 6.32. The van der Waals surface area contributed by atoms with Crippen molar-refractivity contribution < 1.29 is 9.72 Å². The van der Waals surface area contributed by atoms with Crippen LogP contribution in [0.25, 0.3) is 0 Å². The van der Waals surface area contributed by atoms with E-state index in [-0.39, 0.29) is 10.7 Å². The molecule has 0 aliphatic rings. The fraction of sp³-hybridized carbons (Fsp3) is 0. The second-order valence-corrected chi connectivity index (χ2v) is 4.16. The number of nitro benzene ring substituents is 1. The minimum Gasteiger partial charge on any atom is -0.357 e. The monoisotopic (exact) mass is 292 g/mol. The lowest BCUT2D eigenvalue weighted by Crippen LogP contribution is -2.17. The zero-order chi connectivity index (χ0) is 14.5. The van der Waals surface area contributed by atoms with E-state index in [0.29, 0.717) is 11.3 Å². The van der Waals surface area contributed by atoms with Crippen molar-refractivity contribution in [3.63, 3.8) is 0 Å². The van der Waals surface area contributed by atoms with Crippen LogP contribution in [0, 0.1) is 10.1 Å². The number of carbonyl (C=O) groups is 1. The van der Waals surface area contributed by atoms with Crippen LogP contribution in [0.3, 0.4) is 0 Å². The molecule has 0 saturated carbocycles. The molecule has 0 bridgehead atoms. The van der Waals surface area contributed by atoms with Crippen molar-refractivity contribution in [2.24, 2.45) is 5.10 Å². The van der Waals surface area contributed by atoms with Crippen molar-refractivity contribution in [2.45, 2.75) is 0 Å². The van der Waals surface area contributed by atoms with E-state index in [4.69, 9.17) is 11.6 Å². The molecule has 0 unspecified atom stereocenters. The summed E-state index contributed by atoms with van der Waals surface area (Å²) in [5, 5.41) is 14.5. The van der Waals surface area contributed by atoms with Crippen LogP contribution in [0.1, 0.15) is 16.1 Å². The first-order valence-corrected chi connectivity index (χ1v) is 5.86. The van der Waals surface area contributed by atoms with Crippen LogP contribution in [-0.4, -0.2) is 22.0 Å². The molecule has 1 aromatic heterocycles. The van der Waals surface area contributed by atoms with Crippen molar-refractivity contribution in [1.82, 2.24) is 10.4 Å². The number of benzene rings is 1. The second-order valence-electron chi connectivity index (χ2n) is 3.75. The lowest BCUT2D eigenvalue weighted by Gasteiger charge is -1.98. The number of amides is 1. The van der Waals surface area contributed by atoms with E-state index in [0.717, 1.165) is 0 Å². The van der Waals surface area contributed by atoms with Gasteiger partial charge in [-0.25, -0.2) is 5.43 Å². The van der Waals surface area contributed by atoms with Crippen LogP contribution >= 0.6 is 11.6 Å². The van der Waals surface area contributed by atoms with Gasteiger partial charge in [0.05, 0.1) is 11.1 Å². The predicted octanol–water partition coefficient (Wildman–Crippen LogP) is 2.34. The van der Waals surface area contributed by atoms with E-state index in [1.165, 1.54) is 18.3 Å². The van der Waals surface area contributed by atoms with Crippen molar-refractivity contribution >= 4 is 29.4 Å². The van der Waals surface area contributed by atoms with E-state index in [9.17, 15) is 14.9 Å². The van der Waals surface area contributed by atoms with Crippen LogP contribution in [0.4, 0.5) is 5.69 Å². The number of nitrogens with zero attached hydrogens (tertiary/aromatic N) is 2. The fourth-order valence-corrected chi connectivity index (χ4v) is 1.63. The Hall–Kier alpha value is -2.67. The number of H-pyrrole nitrogens is 1. The first-order valence-electron chi connectivity index (χ1n) is 5.48. The molecule has 0 saturated heterocycles. The summed E-state index contributed by atoms with van der Waals surface area (Å²) in [5.74, 6) is -0.408. The maximum absolute atomic E-state index is 11.5. The molecule has 2 N–H and O–H groups in total. The molecule has 2 aromatic rings. The highest BCUT2D eigenvalue weighted by atomic mass is 35.5. The van der Waals surface area contributed by atoms with E-state index < -0.39 is 10.8 Å². The third kappa shape index (κ3) is 3.21. The Balaban J connectivity index is 2.07. The largest absolute Gasteiger partial charge is 0.357 e. The van der Waals surface area contributed by atoms with Crippen LogP contribution in [0.2, 0.25) is 5.02 Å². The normalized spacial score (nSPS) is 10.7. The molecule has 1 aromatic carbocycles. The van der Waals surface area contributed by atoms with E-state index in [1.807, 2.05) is 0 Å². The average molecular weight is 293 g/mol. The molecule has 0 aliphatic carbocycles. The number of hydrogen-bond donors (Lipinski definition) is 2. The first-order chi connectivity index (χ1) is 9.58. The molecule has 0 atom stereocenters. The smallest absolute Gasteiger partial charge is 0.288 e. The molecule has 7 nitrogen and oxygen atoms in total. The number of nitro groups is 1. The summed E-state index contributed by atoms with van der Waals surface area (Å²) in [6.07, 6.45) is 2.91. The van der Waals surface area contributed by atoms with E-state index in [2.05, 4.69) is 15.5 Å². The summed E-state index contributed by atoms with van der Waals surface area (Å²) in [6, 6.07) is 7.50. The Morgan fingerprint density at radius 2 is 2.25 bits per heavy atom. The zero-order valence-corrected chi connectivity index (χ0v) is 10.8. The standard InChI is InChI=1S/C12H9ClN4O3/c13-9-4-3-8(6-11(9)17(19)20)7-15-16-12(18)10-2-1-5-14-10/h1-7,14H,(H,16,18)/b15-7-. The predicted molar refractivity (Wildman–Crippen MR) is 74.0 cm³/mol. The topological polar surface area (TPSA) is 100 Å². The van der Waals surface area contributed by atoms with Gasteiger partial charge in [-0.1, -0.05) is 17.7 Å². The van der Waals surface area contributed by atoms with E-state index in [1.54, 1.807) is 24.4 Å². The molecule has 0 radical (unpaired) electrons. The summed E-state index contributed by atoms with van der Waals surface area (Å²) in [5.41, 5.74) is 2.89. The highest BCUT2D eigenvalue weighted by Crippen LogP contribution is 2.24. The number of aromatic nitrogens is 1. The molecule has 20 heavy (non-hydrogen) atoms. The van der Waals surface area contributed by atoms with Gasteiger partial charge in [0, 0.05) is 17.8 Å². The third-order valence-electron chi connectivity index (χ3n) is 2.39. The summed E-state index contributed by atoms with van der Waals surface area (Å²) in [4.78, 5) is 24.4. The van der Waals surface area contributed by atoms with Gasteiger partial charge in [-0.2, -0.15) is 5.10 Å². The van der Waals surface area contributed by atoms with Gasteiger partial charge < -0.3 is 4.98 Å². The summed E-state index contributed by atoms with van der Waals surface area (Å²) >= 11 is 5.68. The Bertz CT molecular complexity index is 667. The van der Waals surface area contributed by atoms with E-state index >= 15 is 0 Å². The Labute approximate surface area is 118 Å². The second kappa shape index (κ2) is 5.98. The van der Waals surface area contributed by atoms with Gasteiger partial charge in [-0.05, 0) is 18.2 Å². The molecule has 8 heteroatoms. The SMILES string of the molecule is O=C(N/N=C\c1ccc(Cl)c([N+](=O)[O-])c1)c1ccc[nH]1. The van der Waals surface area contributed by atoms with Crippen LogP contribution < -0.4 is 5.43 Å². The summed E-state index contributed by atoms with van der Waals surface area (Å²) in [6.45, 7) is 0. The number of aromatic amines is 1. The van der Waals surface area contributed by atoms with Crippen molar-refractivity contribution in [2.75, 3.05) is 0 Å². The maximum Gasteiger partial charge on any atom is 0.288 e. The number of nitrogens with one attached hydrogen (secondary N) is 2. The number of rotatable bonds is 4. The lowest BCUT2D eigenvalue weighted by atomic mass is 10.2. The van der Waals surface area contributed by atoms with Gasteiger partial charge in [-0.3, -0.25) is 14.9 Å². The molecule has 2 rings (SSSR count). The molecule has 102 valence electrons. The molecule has 1 heterocycles. The molecule has 1 amide bonds. The third-order valence-corrected chi connectivity index (χ3v) is 2.71. The molecule has 0 spiro atoms. The van der Waals surface area contributed by atoms with Gasteiger partial charge in [0.25, 0.3) is 11.6 Å². The van der Waals surface area contributed by atoms with Crippen molar-refractivity contribution in [3.05, 3.63) is 62.9 Å². The number of halogens is 1. The number of hydrazone groups is 1. The quantitative estimate of drug-likeness (QED) is 0.514.